The van der Waals surface area contributed by atoms with E-state index in [1.54, 1.807) is 0 Å². The molecule has 2 aliphatic rings. The first kappa shape index (κ1) is 17.1. The number of carbonyl (C=O) groups is 1. The summed E-state index contributed by atoms with van der Waals surface area (Å²) in [7, 11) is 2.20. The van der Waals surface area contributed by atoms with Crippen molar-refractivity contribution in [2.75, 3.05) is 25.1 Å². The number of hydrogen-bond donors (Lipinski definition) is 1. The number of carbonyl (C=O) groups excluding carboxylic acids is 1. The van der Waals surface area contributed by atoms with Crippen LogP contribution in [-0.4, -0.2) is 51.4 Å². The highest BCUT2D eigenvalue weighted by Gasteiger charge is 2.40. The molecular weight excluding hydrogens is 332 g/mol. The summed E-state index contributed by atoms with van der Waals surface area (Å²) in [6.07, 6.45) is 4.81. The second kappa shape index (κ2) is 6.78. The van der Waals surface area contributed by atoms with E-state index in [1.807, 2.05) is 6.92 Å². The lowest BCUT2D eigenvalue weighted by atomic mass is 9.73. The maximum atomic E-state index is 12.4. The smallest absolute Gasteiger partial charge is 0.181 e. The molecule has 1 fully saturated rings. The minimum absolute atomic E-state index is 0.111. The number of nitrogens with zero attached hydrogens (tertiary/aromatic N) is 1. The lowest BCUT2D eigenvalue weighted by Gasteiger charge is -2.45. The number of rotatable bonds is 5. The molecule has 4 rings (SSSR count). The minimum Gasteiger partial charge on any atom is -0.616 e. The van der Waals surface area contributed by atoms with Crippen molar-refractivity contribution in [3.8, 4) is 0 Å². The van der Waals surface area contributed by atoms with E-state index in [4.69, 9.17) is 0 Å². The summed E-state index contributed by atoms with van der Waals surface area (Å²) in [5, 5.41) is 1.40. The van der Waals surface area contributed by atoms with Gasteiger partial charge < -0.3 is 14.4 Å². The van der Waals surface area contributed by atoms with E-state index < -0.39 is 11.2 Å². The molecule has 0 unspecified atom stereocenters. The molecule has 4 nitrogen and oxygen atoms in total. The molecular formula is C20H26N2O2S. The molecule has 2 heterocycles. The number of fused-ring (bicyclic) bond motifs is 2. The normalized spacial score (nSPS) is 27.2. The number of Topliss-reactive ketones (excluding diaryl/α,β-unsaturated/α-hetero) is 1. The van der Waals surface area contributed by atoms with Crippen molar-refractivity contribution >= 4 is 27.9 Å². The summed E-state index contributed by atoms with van der Waals surface area (Å²) >= 11 is -1.03. The van der Waals surface area contributed by atoms with E-state index in [2.05, 4.69) is 41.3 Å². The van der Waals surface area contributed by atoms with Crippen LogP contribution in [-0.2, 0) is 22.4 Å². The molecule has 25 heavy (non-hydrogen) atoms. The Morgan fingerprint density at radius 1 is 1.44 bits per heavy atom. The van der Waals surface area contributed by atoms with Gasteiger partial charge in [0.2, 0.25) is 0 Å². The number of hydrogen-bond acceptors (Lipinski definition) is 3. The summed E-state index contributed by atoms with van der Waals surface area (Å²) in [5.74, 6) is 1.87. The van der Waals surface area contributed by atoms with Crippen molar-refractivity contribution in [2.45, 2.75) is 38.1 Å². The standard InChI is InChI=1S/C20H26N2O2S/c1-3-15(23)12-25(24)11-13-7-17-16-5-4-6-18-20(16)14(9-21-18)8-19(17)22(2)10-13/h4-6,9,13,17,19,21H,3,7-8,10-12H2,1-2H3/t13-,17-,19-,25+/m1/s1. The molecule has 1 aromatic carbocycles. The van der Waals surface area contributed by atoms with E-state index in [0.29, 0.717) is 30.1 Å². The molecule has 2 aromatic rings. The summed E-state index contributed by atoms with van der Waals surface area (Å²) in [6, 6.07) is 7.08. The second-order valence-electron chi connectivity index (χ2n) is 7.65. The first-order valence-corrected chi connectivity index (χ1v) is 10.7. The number of H-pyrrole nitrogens is 1. The van der Waals surface area contributed by atoms with Gasteiger partial charge in [0.1, 0.15) is 5.75 Å². The average molecular weight is 359 g/mol. The van der Waals surface area contributed by atoms with Gasteiger partial charge in [-0.15, -0.1) is 0 Å². The van der Waals surface area contributed by atoms with Crippen LogP contribution in [0.5, 0.6) is 0 Å². The van der Waals surface area contributed by atoms with E-state index in [1.165, 1.54) is 22.0 Å². The van der Waals surface area contributed by atoms with Gasteiger partial charge in [-0.3, -0.25) is 4.79 Å². The number of piperidine rings is 1. The fraction of sp³-hybridized carbons (Fsp3) is 0.550. The van der Waals surface area contributed by atoms with Gasteiger partial charge in [0.15, 0.2) is 11.5 Å². The molecule has 134 valence electrons. The van der Waals surface area contributed by atoms with Crippen molar-refractivity contribution < 1.29 is 9.35 Å². The number of nitrogens with one attached hydrogen (secondary N) is 1. The Morgan fingerprint density at radius 3 is 3.08 bits per heavy atom. The SMILES string of the molecule is CCC(=O)C[S@@+]([O-])C[C@@H]1C[C@@H]2c3cccc4[nH]cc(c34)C[C@H]2N(C)C1. The number of aromatic nitrogens is 1. The third kappa shape index (κ3) is 3.14. The number of ketones is 1. The maximum Gasteiger partial charge on any atom is 0.181 e. The van der Waals surface area contributed by atoms with Gasteiger partial charge in [0.25, 0.3) is 0 Å². The first-order valence-electron chi connectivity index (χ1n) is 9.22. The molecule has 0 amide bonds. The van der Waals surface area contributed by atoms with Gasteiger partial charge in [0.05, 0.1) is 0 Å². The average Bonchev–Trinajstić information content (AvgIpc) is 3.00. The Kier molecular flexibility index (Phi) is 4.65. The Morgan fingerprint density at radius 2 is 2.28 bits per heavy atom. The molecule has 1 aromatic heterocycles. The van der Waals surface area contributed by atoms with Gasteiger partial charge in [-0.25, -0.2) is 0 Å². The molecule has 1 N–H and O–H groups in total. The van der Waals surface area contributed by atoms with Crippen LogP contribution in [0.2, 0.25) is 0 Å². The molecule has 0 saturated carbocycles. The lowest BCUT2D eigenvalue weighted by molar-refractivity contribution is -0.116. The van der Waals surface area contributed by atoms with Crippen LogP contribution in [0.1, 0.15) is 36.8 Å². The Hall–Kier alpha value is -1.30. The minimum atomic E-state index is -1.03. The van der Waals surface area contributed by atoms with Gasteiger partial charge in [-0.1, -0.05) is 19.1 Å². The highest BCUT2D eigenvalue weighted by molar-refractivity contribution is 7.92. The summed E-state index contributed by atoms with van der Waals surface area (Å²) in [4.78, 5) is 17.4. The number of likely N-dealkylation sites (tertiary alicyclic amines) is 1. The lowest BCUT2D eigenvalue weighted by Crippen LogP contribution is -2.49. The van der Waals surface area contributed by atoms with Crippen LogP contribution in [0, 0.1) is 5.92 Å². The summed E-state index contributed by atoms with van der Waals surface area (Å²) in [6.45, 7) is 2.82. The van der Waals surface area contributed by atoms with Crippen LogP contribution < -0.4 is 0 Å². The third-order valence-corrected chi connectivity index (χ3v) is 7.44. The van der Waals surface area contributed by atoms with Crippen molar-refractivity contribution in [1.29, 1.82) is 0 Å². The molecule has 4 atom stereocenters. The van der Waals surface area contributed by atoms with Gasteiger partial charge >= 0.3 is 0 Å². The zero-order valence-electron chi connectivity index (χ0n) is 15.0. The van der Waals surface area contributed by atoms with E-state index >= 15 is 0 Å². The molecule has 1 aliphatic carbocycles. The number of likely N-dealkylation sites (N-methyl/N-ethyl adjacent to an activating group) is 1. The predicted octanol–water partition coefficient (Wildman–Crippen LogP) is 2.86. The van der Waals surface area contributed by atoms with Crippen LogP contribution in [0.4, 0.5) is 0 Å². The zero-order chi connectivity index (χ0) is 17.6. The largest absolute Gasteiger partial charge is 0.616 e. The highest BCUT2D eigenvalue weighted by Crippen LogP contribution is 2.44. The predicted molar refractivity (Wildman–Crippen MR) is 102 cm³/mol. The van der Waals surface area contributed by atoms with Crippen molar-refractivity contribution in [3.05, 3.63) is 35.5 Å². The van der Waals surface area contributed by atoms with Crippen molar-refractivity contribution in [3.63, 3.8) is 0 Å². The Labute approximate surface area is 152 Å². The van der Waals surface area contributed by atoms with Crippen molar-refractivity contribution in [2.24, 2.45) is 5.92 Å². The molecule has 1 saturated heterocycles. The monoisotopic (exact) mass is 358 g/mol. The van der Waals surface area contributed by atoms with Crippen molar-refractivity contribution in [1.82, 2.24) is 9.88 Å². The second-order valence-corrected chi connectivity index (χ2v) is 9.15. The summed E-state index contributed by atoms with van der Waals surface area (Å²) < 4.78 is 12.4. The van der Waals surface area contributed by atoms with Crippen LogP contribution >= 0.6 is 0 Å². The third-order valence-electron chi connectivity index (χ3n) is 5.95. The topological polar surface area (TPSA) is 59.2 Å². The molecule has 0 spiro atoms. The quantitative estimate of drug-likeness (QED) is 0.836. The number of benzene rings is 1. The fourth-order valence-electron chi connectivity index (χ4n) is 4.78. The fourth-order valence-corrected chi connectivity index (χ4v) is 6.23. The molecule has 5 heteroatoms. The van der Waals surface area contributed by atoms with Gasteiger partial charge in [0, 0.05) is 47.9 Å². The Balaban J connectivity index is 1.56. The number of aromatic amines is 1. The van der Waals surface area contributed by atoms with Crippen LogP contribution in [0.3, 0.4) is 0 Å². The summed E-state index contributed by atoms with van der Waals surface area (Å²) in [5.41, 5.74) is 4.10. The zero-order valence-corrected chi connectivity index (χ0v) is 15.8. The van der Waals surface area contributed by atoms with Crippen LogP contribution in [0.15, 0.2) is 24.4 Å². The van der Waals surface area contributed by atoms with Gasteiger partial charge in [-0.2, -0.15) is 0 Å². The van der Waals surface area contributed by atoms with Gasteiger partial charge in [-0.05, 0) is 48.3 Å². The molecule has 0 bridgehead atoms. The first-order chi connectivity index (χ1) is 12.1. The van der Waals surface area contributed by atoms with E-state index in [-0.39, 0.29) is 11.5 Å². The van der Waals surface area contributed by atoms with Crippen LogP contribution in [0.25, 0.3) is 10.9 Å². The maximum absolute atomic E-state index is 12.4. The highest BCUT2D eigenvalue weighted by atomic mass is 32.2. The Bertz CT molecular complexity index is 787. The van der Waals surface area contributed by atoms with E-state index in [0.717, 1.165) is 19.4 Å². The van der Waals surface area contributed by atoms with E-state index in [9.17, 15) is 9.35 Å². The molecule has 0 radical (unpaired) electrons. The molecule has 1 aliphatic heterocycles.